The van der Waals surface area contributed by atoms with E-state index >= 15 is 0 Å². The van der Waals surface area contributed by atoms with Crippen LogP contribution in [0.2, 0.25) is 0 Å². The Balaban J connectivity index is 1.50. The summed E-state index contributed by atoms with van der Waals surface area (Å²) < 4.78 is 0. The average Bonchev–Trinajstić information content (AvgIpc) is 3.01. The third kappa shape index (κ3) is 3.61. The Morgan fingerprint density at radius 2 is 1.35 bits per heavy atom. The lowest BCUT2D eigenvalue weighted by atomic mass is 9.93. The zero-order chi connectivity index (χ0) is 23.8. The van der Waals surface area contributed by atoms with E-state index in [1.54, 1.807) is 31.2 Å². The normalized spacial score (nSPS) is 17.8. The van der Waals surface area contributed by atoms with Crippen molar-refractivity contribution in [3.63, 3.8) is 0 Å². The lowest BCUT2D eigenvalue weighted by Gasteiger charge is -2.24. The van der Waals surface area contributed by atoms with Crippen molar-refractivity contribution < 1.29 is 14.4 Å². The van der Waals surface area contributed by atoms with Crippen LogP contribution >= 0.6 is 0 Å². The van der Waals surface area contributed by atoms with E-state index in [-0.39, 0.29) is 0 Å². The largest absolute Gasteiger partial charge is 0.312 e. The quantitative estimate of drug-likeness (QED) is 0.600. The molecule has 0 aromatic heterocycles. The molecule has 0 bridgehead atoms. The maximum absolute atomic E-state index is 13.4. The molecule has 2 aliphatic heterocycles. The molecule has 3 aromatic carbocycles. The van der Waals surface area contributed by atoms with Crippen LogP contribution in [0.5, 0.6) is 0 Å². The highest BCUT2D eigenvalue weighted by Crippen LogP contribution is 2.34. The van der Waals surface area contributed by atoms with E-state index in [9.17, 15) is 14.4 Å². The molecule has 0 saturated heterocycles. The van der Waals surface area contributed by atoms with E-state index in [1.807, 2.05) is 61.5 Å². The van der Waals surface area contributed by atoms with Crippen molar-refractivity contribution in [2.45, 2.75) is 25.8 Å². The topological polar surface area (TPSA) is 91.2 Å². The molecule has 0 fully saturated rings. The number of carbonyl (C=O) groups excluding carboxylic acids is 3. The molecule has 0 unspecified atom stereocenters. The molecule has 168 valence electrons. The van der Waals surface area contributed by atoms with Gasteiger partial charge in [0.25, 0.3) is 11.8 Å². The predicted molar refractivity (Wildman–Crippen MR) is 130 cm³/mol. The summed E-state index contributed by atoms with van der Waals surface area (Å²) in [6.45, 7) is 3.44. The zero-order valence-corrected chi connectivity index (χ0v) is 18.7. The summed E-state index contributed by atoms with van der Waals surface area (Å²) in [5.41, 5.74) is 3.63. The number of para-hydroxylation sites is 2. The Kier molecular flexibility index (Phi) is 5.37. The SMILES string of the molecule is CC1=Nc2ccccc2N=C(NC(=O)[C@H](C)N2C(=O)c3ccccc3C2=O)[C@H]1c1ccccc1. The van der Waals surface area contributed by atoms with Crippen LogP contribution in [0.3, 0.4) is 0 Å². The van der Waals surface area contributed by atoms with Crippen molar-refractivity contribution in [2.24, 2.45) is 9.98 Å². The second-order valence-electron chi connectivity index (χ2n) is 8.27. The molecule has 2 aliphatic rings. The second kappa shape index (κ2) is 8.51. The molecule has 7 heteroatoms. The van der Waals surface area contributed by atoms with Gasteiger partial charge in [-0.15, -0.1) is 0 Å². The van der Waals surface area contributed by atoms with E-state index in [4.69, 9.17) is 9.98 Å². The minimum absolute atomic E-state index is 0.304. The number of fused-ring (bicyclic) bond motifs is 2. The lowest BCUT2D eigenvalue weighted by Crippen LogP contribution is -2.50. The highest BCUT2D eigenvalue weighted by molar-refractivity contribution is 6.24. The summed E-state index contributed by atoms with van der Waals surface area (Å²) in [4.78, 5) is 49.6. The molecule has 2 atom stereocenters. The van der Waals surface area contributed by atoms with E-state index in [0.29, 0.717) is 28.3 Å². The highest BCUT2D eigenvalue weighted by Gasteiger charge is 2.41. The van der Waals surface area contributed by atoms with Gasteiger partial charge in [-0.25, -0.2) is 4.99 Å². The van der Waals surface area contributed by atoms with Gasteiger partial charge in [0.15, 0.2) is 0 Å². The fraction of sp³-hybridized carbons (Fsp3) is 0.148. The van der Waals surface area contributed by atoms with Crippen LogP contribution in [0.4, 0.5) is 11.4 Å². The van der Waals surface area contributed by atoms with Gasteiger partial charge in [0, 0.05) is 5.71 Å². The standard InChI is InChI=1S/C27H22N4O3/c1-16-23(18-10-4-3-5-11-18)24(29-22-15-9-8-14-21(22)28-16)30-25(32)17(2)31-26(33)19-12-6-7-13-20(19)27(31)34/h3-15,17,23H,1-2H3,(H,29,30,32)/t17-,23+/m0/s1. The molecule has 5 rings (SSSR count). The van der Waals surface area contributed by atoms with Gasteiger partial charge >= 0.3 is 0 Å². The van der Waals surface area contributed by atoms with Crippen molar-refractivity contribution in [3.8, 4) is 0 Å². The van der Waals surface area contributed by atoms with E-state index in [2.05, 4.69) is 5.32 Å². The number of nitrogens with zero attached hydrogens (tertiary/aromatic N) is 3. The molecule has 2 heterocycles. The third-order valence-electron chi connectivity index (χ3n) is 6.09. The number of hydrogen-bond acceptors (Lipinski definition) is 5. The van der Waals surface area contributed by atoms with Gasteiger partial charge in [0.05, 0.1) is 28.4 Å². The summed E-state index contributed by atoms with van der Waals surface area (Å²) in [5, 5.41) is 2.91. The van der Waals surface area contributed by atoms with Gasteiger partial charge < -0.3 is 5.32 Å². The highest BCUT2D eigenvalue weighted by atomic mass is 16.2. The van der Waals surface area contributed by atoms with Gasteiger partial charge in [0.1, 0.15) is 11.9 Å². The fourth-order valence-corrected chi connectivity index (χ4v) is 4.35. The molecular formula is C27H22N4O3. The number of aliphatic imine (C=N–C) groups is 2. The van der Waals surface area contributed by atoms with Crippen molar-refractivity contribution in [1.29, 1.82) is 0 Å². The minimum Gasteiger partial charge on any atom is -0.312 e. The summed E-state index contributed by atoms with van der Waals surface area (Å²) >= 11 is 0. The maximum Gasteiger partial charge on any atom is 0.262 e. The maximum atomic E-state index is 13.4. The molecule has 3 aromatic rings. The Morgan fingerprint density at radius 3 is 1.97 bits per heavy atom. The van der Waals surface area contributed by atoms with Crippen LogP contribution < -0.4 is 5.32 Å². The van der Waals surface area contributed by atoms with Crippen LogP contribution in [-0.2, 0) is 4.79 Å². The van der Waals surface area contributed by atoms with Crippen molar-refractivity contribution in [1.82, 2.24) is 10.2 Å². The van der Waals surface area contributed by atoms with E-state index in [0.717, 1.165) is 16.2 Å². The van der Waals surface area contributed by atoms with Gasteiger partial charge in [-0.1, -0.05) is 54.6 Å². The van der Waals surface area contributed by atoms with Crippen molar-refractivity contribution >= 4 is 40.6 Å². The lowest BCUT2D eigenvalue weighted by molar-refractivity contribution is -0.123. The Labute approximate surface area is 196 Å². The Hall–Kier alpha value is -4.39. The van der Waals surface area contributed by atoms with Gasteiger partial charge in [0.2, 0.25) is 5.91 Å². The zero-order valence-electron chi connectivity index (χ0n) is 18.7. The van der Waals surface area contributed by atoms with Crippen LogP contribution in [0.15, 0.2) is 88.8 Å². The molecule has 1 N–H and O–H groups in total. The second-order valence-corrected chi connectivity index (χ2v) is 8.27. The Bertz CT molecular complexity index is 1340. The average molecular weight is 450 g/mol. The number of rotatable bonds is 3. The first-order chi connectivity index (χ1) is 16.5. The van der Waals surface area contributed by atoms with Crippen LogP contribution in [0.25, 0.3) is 0 Å². The molecule has 0 spiro atoms. The summed E-state index contributed by atoms with van der Waals surface area (Å²) in [6, 6.07) is 22.7. The van der Waals surface area contributed by atoms with Crippen molar-refractivity contribution in [3.05, 3.63) is 95.6 Å². The van der Waals surface area contributed by atoms with Crippen LogP contribution in [0, 0.1) is 0 Å². The number of nitrogens with one attached hydrogen (secondary N) is 1. The smallest absolute Gasteiger partial charge is 0.262 e. The summed E-state index contributed by atoms with van der Waals surface area (Å²) in [6.07, 6.45) is 0. The molecule has 3 amide bonds. The number of imide groups is 1. The number of benzene rings is 3. The van der Waals surface area contributed by atoms with E-state index < -0.39 is 29.7 Å². The molecule has 7 nitrogen and oxygen atoms in total. The first-order valence-electron chi connectivity index (χ1n) is 11.0. The Morgan fingerprint density at radius 1 is 0.824 bits per heavy atom. The first kappa shape index (κ1) is 21.5. The van der Waals surface area contributed by atoms with E-state index in [1.165, 1.54) is 0 Å². The monoisotopic (exact) mass is 450 g/mol. The number of carbonyl (C=O) groups is 3. The molecule has 0 aliphatic carbocycles. The summed E-state index contributed by atoms with van der Waals surface area (Å²) in [5.74, 6) is -1.46. The first-order valence-corrected chi connectivity index (χ1v) is 11.0. The summed E-state index contributed by atoms with van der Waals surface area (Å²) in [7, 11) is 0. The van der Waals surface area contributed by atoms with Crippen LogP contribution in [-0.4, -0.2) is 40.2 Å². The number of amides is 3. The number of hydrogen-bond donors (Lipinski definition) is 1. The number of amidine groups is 1. The van der Waals surface area contributed by atoms with Gasteiger partial charge in [-0.2, -0.15) is 0 Å². The van der Waals surface area contributed by atoms with Gasteiger partial charge in [-0.3, -0.25) is 24.3 Å². The van der Waals surface area contributed by atoms with Gasteiger partial charge in [-0.05, 0) is 43.7 Å². The molecule has 34 heavy (non-hydrogen) atoms. The predicted octanol–water partition coefficient (Wildman–Crippen LogP) is 4.41. The molecule has 0 radical (unpaired) electrons. The van der Waals surface area contributed by atoms with Crippen LogP contribution in [0.1, 0.15) is 46.0 Å². The fourth-order valence-electron chi connectivity index (χ4n) is 4.35. The third-order valence-corrected chi connectivity index (χ3v) is 6.09. The minimum atomic E-state index is -1.03. The molecular weight excluding hydrogens is 428 g/mol. The van der Waals surface area contributed by atoms with Crippen molar-refractivity contribution in [2.75, 3.05) is 0 Å². The molecule has 0 saturated carbocycles.